The third-order valence-corrected chi connectivity index (χ3v) is 2.87. The summed E-state index contributed by atoms with van der Waals surface area (Å²) in [6, 6.07) is 8.22. The van der Waals surface area contributed by atoms with Gasteiger partial charge in [0.25, 0.3) is 0 Å². The second kappa shape index (κ2) is 5.17. The van der Waals surface area contributed by atoms with E-state index in [2.05, 4.69) is 4.72 Å². The van der Waals surface area contributed by atoms with Crippen molar-refractivity contribution in [3.8, 4) is 6.07 Å². The van der Waals surface area contributed by atoms with E-state index in [1.165, 1.54) is 0 Å². The van der Waals surface area contributed by atoms with Crippen LogP contribution in [0.2, 0.25) is 0 Å². The van der Waals surface area contributed by atoms with Gasteiger partial charge in [0.2, 0.25) is 10.0 Å². The molecule has 5 nitrogen and oxygen atoms in total. The van der Waals surface area contributed by atoms with Crippen LogP contribution in [0.4, 0.5) is 5.69 Å². The zero-order valence-electron chi connectivity index (χ0n) is 10.0. The Morgan fingerprint density at radius 2 is 1.82 bits per heavy atom. The van der Waals surface area contributed by atoms with E-state index < -0.39 is 16.1 Å². The number of rotatable bonds is 4. The van der Waals surface area contributed by atoms with Crippen molar-refractivity contribution in [1.82, 2.24) is 4.72 Å². The van der Waals surface area contributed by atoms with Crippen molar-refractivity contribution in [2.75, 3.05) is 25.3 Å². The van der Waals surface area contributed by atoms with Crippen molar-refractivity contribution in [2.24, 2.45) is 0 Å². The molecule has 0 bridgehead atoms. The number of nitrogens with zero attached hydrogens (tertiary/aromatic N) is 2. The van der Waals surface area contributed by atoms with Crippen LogP contribution in [-0.4, -0.2) is 28.8 Å². The van der Waals surface area contributed by atoms with E-state index in [0.29, 0.717) is 5.56 Å². The standard InChI is InChI=1S/C11H15N3O2S/c1-14(2)10-6-4-9(5-7-10)11(8-12)13-17(3,15)16/h4-7,11,13H,1-3H3. The summed E-state index contributed by atoms with van der Waals surface area (Å²) in [6.45, 7) is 0. The lowest BCUT2D eigenvalue weighted by Gasteiger charge is -2.14. The second-order valence-electron chi connectivity index (χ2n) is 3.94. The van der Waals surface area contributed by atoms with Crippen molar-refractivity contribution < 1.29 is 8.42 Å². The molecule has 1 unspecified atom stereocenters. The summed E-state index contributed by atoms with van der Waals surface area (Å²) in [7, 11) is 0.424. The van der Waals surface area contributed by atoms with Gasteiger partial charge in [-0.15, -0.1) is 0 Å². The quantitative estimate of drug-likeness (QED) is 0.864. The molecule has 0 aromatic heterocycles. The molecule has 92 valence electrons. The molecule has 6 heteroatoms. The smallest absolute Gasteiger partial charge is 0.210 e. The van der Waals surface area contributed by atoms with Crippen LogP contribution in [0.15, 0.2) is 24.3 Å². The normalized spacial score (nSPS) is 12.8. The Kier molecular flexibility index (Phi) is 4.10. The van der Waals surface area contributed by atoms with Crippen molar-refractivity contribution in [3.05, 3.63) is 29.8 Å². The molecular formula is C11H15N3O2S. The van der Waals surface area contributed by atoms with E-state index in [4.69, 9.17) is 5.26 Å². The summed E-state index contributed by atoms with van der Waals surface area (Å²) < 4.78 is 24.4. The molecule has 0 fully saturated rings. The molecule has 0 spiro atoms. The van der Waals surface area contributed by atoms with Crippen LogP contribution in [-0.2, 0) is 10.0 Å². The summed E-state index contributed by atoms with van der Waals surface area (Å²) in [4.78, 5) is 1.93. The third-order valence-electron chi connectivity index (χ3n) is 2.20. The number of sulfonamides is 1. The van der Waals surface area contributed by atoms with Crippen LogP contribution in [0.25, 0.3) is 0 Å². The Morgan fingerprint density at radius 3 is 2.18 bits per heavy atom. The van der Waals surface area contributed by atoms with Gasteiger partial charge in [-0.25, -0.2) is 8.42 Å². The molecule has 0 heterocycles. The third kappa shape index (κ3) is 4.06. The van der Waals surface area contributed by atoms with Gasteiger partial charge in [0, 0.05) is 19.8 Å². The number of hydrogen-bond donors (Lipinski definition) is 1. The summed E-state index contributed by atoms with van der Waals surface area (Å²) >= 11 is 0. The Bertz CT molecular complexity index is 515. The first-order chi connectivity index (χ1) is 7.83. The molecule has 1 atom stereocenters. The molecule has 0 aliphatic rings. The fraction of sp³-hybridized carbons (Fsp3) is 0.364. The SMILES string of the molecule is CN(C)c1ccc(C(C#N)NS(C)(=O)=O)cc1. The molecule has 0 aliphatic carbocycles. The first-order valence-electron chi connectivity index (χ1n) is 4.97. The highest BCUT2D eigenvalue weighted by molar-refractivity contribution is 7.88. The monoisotopic (exact) mass is 253 g/mol. The molecule has 1 aromatic rings. The average molecular weight is 253 g/mol. The van der Waals surface area contributed by atoms with E-state index in [1.54, 1.807) is 12.1 Å². The van der Waals surface area contributed by atoms with E-state index in [9.17, 15) is 8.42 Å². The Labute approximate surface area is 102 Å². The van der Waals surface area contributed by atoms with Gasteiger partial charge < -0.3 is 4.90 Å². The predicted octanol–water partition coefficient (Wildman–Crippen LogP) is 0.866. The van der Waals surface area contributed by atoms with Crippen molar-refractivity contribution in [3.63, 3.8) is 0 Å². The van der Waals surface area contributed by atoms with E-state index in [-0.39, 0.29) is 0 Å². The highest BCUT2D eigenvalue weighted by atomic mass is 32.2. The van der Waals surface area contributed by atoms with Crippen molar-refractivity contribution in [1.29, 1.82) is 5.26 Å². The molecule has 1 rings (SSSR count). The Balaban J connectivity index is 2.95. The number of benzene rings is 1. The minimum absolute atomic E-state index is 0.628. The summed E-state index contributed by atoms with van der Waals surface area (Å²) in [5, 5.41) is 8.93. The summed E-state index contributed by atoms with van der Waals surface area (Å²) in [6.07, 6.45) is 1.03. The van der Waals surface area contributed by atoms with Gasteiger partial charge in [-0.1, -0.05) is 12.1 Å². The summed E-state index contributed by atoms with van der Waals surface area (Å²) in [5.74, 6) is 0. The fourth-order valence-corrected chi connectivity index (χ4v) is 1.96. The van der Waals surface area contributed by atoms with Gasteiger partial charge >= 0.3 is 0 Å². The second-order valence-corrected chi connectivity index (χ2v) is 5.72. The minimum Gasteiger partial charge on any atom is -0.378 e. The zero-order valence-corrected chi connectivity index (χ0v) is 10.8. The van der Waals surface area contributed by atoms with Crippen LogP contribution in [0.5, 0.6) is 0 Å². The predicted molar refractivity (Wildman–Crippen MR) is 67.1 cm³/mol. The highest BCUT2D eigenvalue weighted by Crippen LogP contribution is 2.17. The van der Waals surface area contributed by atoms with E-state index in [1.807, 2.05) is 37.2 Å². The molecule has 17 heavy (non-hydrogen) atoms. The lowest BCUT2D eigenvalue weighted by atomic mass is 10.1. The van der Waals surface area contributed by atoms with Crippen LogP contribution >= 0.6 is 0 Å². The van der Waals surface area contributed by atoms with Crippen LogP contribution in [0.1, 0.15) is 11.6 Å². The molecule has 0 aliphatic heterocycles. The molecule has 1 N–H and O–H groups in total. The van der Waals surface area contributed by atoms with Crippen molar-refractivity contribution >= 4 is 15.7 Å². The van der Waals surface area contributed by atoms with Crippen molar-refractivity contribution in [2.45, 2.75) is 6.04 Å². The molecule has 1 aromatic carbocycles. The van der Waals surface area contributed by atoms with Crippen LogP contribution in [0.3, 0.4) is 0 Å². The number of anilines is 1. The highest BCUT2D eigenvalue weighted by Gasteiger charge is 2.15. The number of nitrogens with one attached hydrogen (secondary N) is 1. The summed E-state index contributed by atoms with van der Waals surface area (Å²) in [5.41, 5.74) is 1.62. The average Bonchev–Trinajstić information content (AvgIpc) is 2.25. The maximum atomic E-state index is 11.1. The van der Waals surface area contributed by atoms with Crippen LogP contribution < -0.4 is 9.62 Å². The largest absolute Gasteiger partial charge is 0.378 e. The molecular weight excluding hydrogens is 238 g/mol. The van der Waals surface area contributed by atoms with Gasteiger partial charge in [-0.2, -0.15) is 9.98 Å². The van der Waals surface area contributed by atoms with E-state index in [0.717, 1.165) is 11.9 Å². The van der Waals surface area contributed by atoms with Gasteiger partial charge in [-0.05, 0) is 17.7 Å². The first kappa shape index (κ1) is 13.5. The minimum atomic E-state index is -3.39. The number of hydrogen-bond acceptors (Lipinski definition) is 4. The lowest BCUT2D eigenvalue weighted by Crippen LogP contribution is -2.26. The molecule has 0 saturated carbocycles. The van der Waals surface area contributed by atoms with Gasteiger partial charge in [0.05, 0.1) is 12.3 Å². The maximum absolute atomic E-state index is 11.1. The van der Waals surface area contributed by atoms with Gasteiger partial charge in [0.1, 0.15) is 6.04 Å². The molecule has 0 amide bonds. The van der Waals surface area contributed by atoms with E-state index >= 15 is 0 Å². The topological polar surface area (TPSA) is 73.2 Å². The Morgan fingerprint density at radius 1 is 1.29 bits per heavy atom. The lowest BCUT2D eigenvalue weighted by molar-refractivity contribution is 0.582. The molecule has 0 radical (unpaired) electrons. The van der Waals surface area contributed by atoms with Gasteiger partial charge in [0.15, 0.2) is 0 Å². The zero-order chi connectivity index (χ0) is 13.1. The fourth-order valence-electron chi connectivity index (χ4n) is 1.35. The first-order valence-corrected chi connectivity index (χ1v) is 6.87. The number of nitriles is 1. The Hall–Kier alpha value is -1.58. The van der Waals surface area contributed by atoms with Crippen LogP contribution in [0, 0.1) is 11.3 Å². The van der Waals surface area contributed by atoms with Gasteiger partial charge in [-0.3, -0.25) is 0 Å². The maximum Gasteiger partial charge on any atom is 0.210 e. The molecule has 0 saturated heterocycles.